The third kappa shape index (κ3) is 4.65. The van der Waals surface area contributed by atoms with Crippen LogP contribution < -0.4 is 5.32 Å². The van der Waals surface area contributed by atoms with E-state index in [1.807, 2.05) is 24.4 Å². The molecule has 0 radical (unpaired) electrons. The van der Waals surface area contributed by atoms with E-state index < -0.39 is 0 Å². The number of hydrogen-bond donors (Lipinski definition) is 2. The fourth-order valence-corrected chi connectivity index (χ4v) is 2.62. The van der Waals surface area contributed by atoms with Crippen LogP contribution in [-0.4, -0.2) is 29.1 Å². The van der Waals surface area contributed by atoms with E-state index in [1.165, 1.54) is 5.56 Å². The molecule has 0 bridgehead atoms. The molecule has 2 N–H and O–H groups in total. The third-order valence-electron chi connectivity index (χ3n) is 3.15. The van der Waals surface area contributed by atoms with Gasteiger partial charge in [0.15, 0.2) is 0 Å². The van der Waals surface area contributed by atoms with Crippen molar-refractivity contribution in [3.63, 3.8) is 0 Å². The summed E-state index contributed by atoms with van der Waals surface area (Å²) in [6, 6.07) is 8.20. The van der Waals surface area contributed by atoms with Gasteiger partial charge in [-0.05, 0) is 12.8 Å². The van der Waals surface area contributed by atoms with E-state index in [-0.39, 0.29) is 24.9 Å². The average molecular weight is 304 g/mol. The molecule has 0 fully saturated rings. The van der Waals surface area contributed by atoms with Crippen LogP contribution in [0.4, 0.5) is 0 Å². The smallest absolute Gasteiger partial charge is 0.226 e. The van der Waals surface area contributed by atoms with Crippen LogP contribution in [0.3, 0.4) is 0 Å². The van der Waals surface area contributed by atoms with Crippen LogP contribution in [0.25, 0.3) is 10.6 Å². The fourth-order valence-electron chi connectivity index (χ4n) is 1.80. The first kappa shape index (κ1) is 15.7. The number of amides is 1. The number of nitrogens with one attached hydrogen (secondary N) is 1. The van der Waals surface area contributed by atoms with Gasteiger partial charge in [0.2, 0.25) is 5.91 Å². The zero-order chi connectivity index (χ0) is 15.2. The molecule has 21 heavy (non-hydrogen) atoms. The second kappa shape index (κ2) is 7.33. The van der Waals surface area contributed by atoms with E-state index in [0.29, 0.717) is 6.54 Å². The minimum absolute atomic E-state index is 0.0592. The van der Waals surface area contributed by atoms with Gasteiger partial charge in [-0.2, -0.15) is 0 Å². The summed E-state index contributed by atoms with van der Waals surface area (Å²) in [7, 11) is 0. The molecule has 0 spiro atoms. The Morgan fingerprint density at radius 1 is 1.38 bits per heavy atom. The van der Waals surface area contributed by atoms with Gasteiger partial charge >= 0.3 is 0 Å². The fraction of sp³-hybridized carbons (Fsp3) is 0.375. The van der Waals surface area contributed by atoms with Gasteiger partial charge in [0, 0.05) is 24.1 Å². The second-order valence-corrected chi connectivity index (χ2v) is 6.14. The molecule has 5 heteroatoms. The maximum Gasteiger partial charge on any atom is 0.226 e. The van der Waals surface area contributed by atoms with Crippen molar-refractivity contribution in [2.45, 2.75) is 20.3 Å². The molecule has 0 aliphatic rings. The van der Waals surface area contributed by atoms with Crippen molar-refractivity contribution >= 4 is 17.2 Å². The molecule has 4 nitrogen and oxygen atoms in total. The van der Waals surface area contributed by atoms with Gasteiger partial charge < -0.3 is 10.4 Å². The summed E-state index contributed by atoms with van der Waals surface area (Å²) in [6.45, 7) is 4.51. The van der Waals surface area contributed by atoms with Crippen molar-refractivity contribution in [2.24, 2.45) is 5.92 Å². The molecule has 0 saturated heterocycles. The van der Waals surface area contributed by atoms with Gasteiger partial charge in [-0.1, -0.05) is 36.8 Å². The summed E-state index contributed by atoms with van der Waals surface area (Å²) in [5.41, 5.74) is 3.07. The predicted octanol–water partition coefficient (Wildman–Crippen LogP) is 2.41. The minimum atomic E-state index is -0.0592. The molecule has 2 aromatic rings. The Morgan fingerprint density at radius 3 is 2.76 bits per heavy atom. The Hall–Kier alpha value is -1.72. The van der Waals surface area contributed by atoms with Crippen molar-refractivity contribution in [1.82, 2.24) is 10.3 Å². The molecule has 0 aliphatic heterocycles. The standard InChI is InChI=1S/C16H20N2O2S/c1-11-3-5-13(6-4-11)16-18-14(10-21-16)7-15(20)17-8-12(2)9-19/h3-6,10,12,19H,7-9H2,1-2H3,(H,17,20). The quantitative estimate of drug-likeness (QED) is 0.861. The highest BCUT2D eigenvalue weighted by Gasteiger charge is 2.10. The molecule has 1 atom stereocenters. The first-order chi connectivity index (χ1) is 10.1. The minimum Gasteiger partial charge on any atom is -0.396 e. The molecular weight excluding hydrogens is 284 g/mol. The van der Waals surface area contributed by atoms with Crippen LogP contribution in [0.15, 0.2) is 29.6 Å². The van der Waals surface area contributed by atoms with Crippen molar-refractivity contribution in [3.8, 4) is 10.6 Å². The van der Waals surface area contributed by atoms with Gasteiger partial charge in [0.1, 0.15) is 5.01 Å². The molecule has 1 amide bonds. The normalized spacial score (nSPS) is 12.1. The third-order valence-corrected chi connectivity index (χ3v) is 4.09. The Balaban J connectivity index is 1.94. The zero-order valence-electron chi connectivity index (χ0n) is 12.3. The molecular formula is C16H20N2O2S. The van der Waals surface area contributed by atoms with Gasteiger partial charge in [0.25, 0.3) is 0 Å². The zero-order valence-corrected chi connectivity index (χ0v) is 13.1. The number of aromatic nitrogens is 1. The van der Waals surface area contributed by atoms with Gasteiger partial charge in [0.05, 0.1) is 12.1 Å². The maximum atomic E-state index is 11.8. The Labute approximate surface area is 128 Å². The van der Waals surface area contributed by atoms with Crippen molar-refractivity contribution in [2.75, 3.05) is 13.2 Å². The number of nitrogens with zero attached hydrogens (tertiary/aromatic N) is 1. The number of aliphatic hydroxyl groups is 1. The average Bonchev–Trinajstić information content (AvgIpc) is 2.94. The highest BCUT2D eigenvalue weighted by Crippen LogP contribution is 2.24. The summed E-state index contributed by atoms with van der Waals surface area (Å²) < 4.78 is 0. The summed E-state index contributed by atoms with van der Waals surface area (Å²) in [4.78, 5) is 16.3. The van der Waals surface area contributed by atoms with Crippen molar-refractivity contribution < 1.29 is 9.90 Å². The molecule has 1 aromatic carbocycles. The summed E-state index contributed by atoms with van der Waals surface area (Å²) in [5, 5.41) is 14.6. The lowest BCUT2D eigenvalue weighted by Crippen LogP contribution is -2.30. The lowest BCUT2D eigenvalue weighted by molar-refractivity contribution is -0.120. The number of thiazole rings is 1. The van der Waals surface area contributed by atoms with E-state index >= 15 is 0 Å². The monoisotopic (exact) mass is 304 g/mol. The van der Waals surface area contributed by atoms with Crippen LogP contribution in [-0.2, 0) is 11.2 Å². The highest BCUT2D eigenvalue weighted by molar-refractivity contribution is 7.13. The molecule has 1 aromatic heterocycles. The van der Waals surface area contributed by atoms with Crippen molar-refractivity contribution in [3.05, 3.63) is 40.9 Å². The van der Waals surface area contributed by atoms with Crippen LogP contribution in [0, 0.1) is 12.8 Å². The Bertz CT molecular complexity index is 593. The number of carbonyl (C=O) groups excluding carboxylic acids is 1. The number of aliphatic hydroxyl groups excluding tert-OH is 1. The predicted molar refractivity (Wildman–Crippen MR) is 85.3 cm³/mol. The summed E-state index contributed by atoms with van der Waals surface area (Å²) in [6.07, 6.45) is 0.278. The first-order valence-corrected chi connectivity index (χ1v) is 7.85. The van der Waals surface area contributed by atoms with Crippen LogP contribution in [0.2, 0.25) is 0 Å². The van der Waals surface area contributed by atoms with Crippen LogP contribution in [0.5, 0.6) is 0 Å². The van der Waals surface area contributed by atoms with Gasteiger partial charge in [-0.15, -0.1) is 11.3 Å². The number of aryl methyl sites for hydroxylation is 1. The number of rotatable bonds is 6. The molecule has 0 saturated carbocycles. The van der Waals surface area contributed by atoms with E-state index in [4.69, 9.17) is 5.11 Å². The van der Waals surface area contributed by atoms with Crippen LogP contribution >= 0.6 is 11.3 Å². The topological polar surface area (TPSA) is 62.2 Å². The Morgan fingerprint density at radius 2 is 2.10 bits per heavy atom. The number of hydrogen-bond acceptors (Lipinski definition) is 4. The van der Waals surface area contributed by atoms with Gasteiger partial charge in [-0.3, -0.25) is 4.79 Å². The van der Waals surface area contributed by atoms with Crippen LogP contribution in [0.1, 0.15) is 18.2 Å². The van der Waals surface area contributed by atoms with E-state index in [9.17, 15) is 4.79 Å². The number of carbonyl (C=O) groups is 1. The van der Waals surface area contributed by atoms with Crippen molar-refractivity contribution in [1.29, 1.82) is 0 Å². The second-order valence-electron chi connectivity index (χ2n) is 5.28. The number of benzene rings is 1. The summed E-state index contributed by atoms with van der Waals surface area (Å²) in [5.74, 6) is 0.0172. The summed E-state index contributed by atoms with van der Waals surface area (Å²) >= 11 is 1.55. The lowest BCUT2D eigenvalue weighted by Gasteiger charge is -2.08. The molecule has 0 aliphatic carbocycles. The molecule has 2 rings (SSSR count). The largest absolute Gasteiger partial charge is 0.396 e. The lowest BCUT2D eigenvalue weighted by atomic mass is 10.2. The molecule has 112 valence electrons. The molecule has 1 unspecified atom stereocenters. The Kier molecular flexibility index (Phi) is 5.47. The van der Waals surface area contributed by atoms with E-state index in [0.717, 1.165) is 16.3 Å². The van der Waals surface area contributed by atoms with Gasteiger partial charge in [-0.25, -0.2) is 4.98 Å². The maximum absolute atomic E-state index is 11.8. The SMILES string of the molecule is Cc1ccc(-c2nc(CC(=O)NCC(C)CO)cs2)cc1. The van der Waals surface area contributed by atoms with E-state index in [2.05, 4.69) is 29.4 Å². The first-order valence-electron chi connectivity index (χ1n) is 6.97. The highest BCUT2D eigenvalue weighted by atomic mass is 32.1. The molecule has 1 heterocycles. The van der Waals surface area contributed by atoms with E-state index in [1.54, 1.807) is 11.3 Å².